The Morgan fingerprint density at radius 3 is 2.56 bits per heavy atom. The minimum absolute atomic E-state index is 0.322. The summed E-state index contributed by atoms with van der Waals surface area (Å²) in [7, 11) is 4.03. The molecule has 1 aromatic heterocycles. The van der Waals surface area contributed by atoms with Gasteiger partial charge < -0.3 is 10.0 Å². The Morgan fingerprint density at radius 1 is 1.31 bits per heavy atom. The average molecular weight is 222 g/mol. The first kappa shape index (κ1) is 13.0. The molecule has 1 rings (SSSR count). The molecule has 0 fully saturated rings. The molecular weight excluding hydrogens is 200 g/mol. The van der Waals surface area contributed by atoms with Crippen LogP contribution in [0.5, 0.6) is 5.75 Å². The largest absolute Gasteiger partial charge is 0.506 e. The Morgan fingerprint density at radius 2 is 2.00 bits per heavy atom. The first-order chi connectivity index (χ1) is 7.49. The molecule has 0 saturated heterocycles. The second-order valence-electron chi connectivity index (χ2n) is 4.94. The number of pyridine rings is 1. The van der Waals surface area contributed by atoms with Gasteiger partial charge in [-0.25, -0.2) is 0 Å². The third-order valence-electron chi connectivity index (χ3n) is 2.44. The van der Waals surface area contributed by atoms with Crippen molar-refractivity contribution in [3.8, 4) is 5.75 Å². The fraction of sp³-hybridized carbons (Fsp3) is 0.615. The van der Waals surface area contributed by atoms with Crippen LogP contribution < -0.4 is 0 Å². The highest BCUT2D eigenvalue weighted by atomic mass is 16.3. The van der Waals surface area contributed by atoms with Gasteiger partial charge in [0.25, 0.3) is 0 Å². The summed E-state index contributed by atoms with van der Waals surface area (Å²) in [4.78, 5) is 6.57. The van der Waals surface area contributed by atoms with Gasteiger partial charge in [0, 0.05) is 6.54 Å². The average Bonchev–Trinajstić information content (AvgIpc) is 2.18. The van der Waals surface area contributed by atoms with Crippen LogP contribution in [0.2, 0.25) is 0 Å². The minimum atomic E-state index is 0.322. The van der Waals surface area contributed by atoms with Crippen molar-refractivity contribution in [1.29, 1.82) is 0 Å². The first-order valence-electron chi connectivity index (χ1n) is 5.81. The van der Waals surface area contributed by atoms with Gasteiger partial charge in [-0.1, -0.05) is 13.8 Å². The van der Waals surface area contributed by atoms with Gasteiger partial charge in [0.15, 0.2) is 0 Å². The van der Waals surface area contributed by atoms with Crippen molar-refractivity contribution in [2.75, 3.05) is 14.1 Å². The van der Waals surface area contributed by atoms with Gasteiger partial charge in [-0.3, -0.25) is 4.98 Å². The quantitative estimate of drug-likeness (QED) is 0.831. The number of hydrogen-bond acceptors (Lipinski definition) is 3. The standard InChI is InChI=1S/C13H22N2O/c1-10(2)5-7-12-13(16)8-6-11(14-12)9-15(3)4/h6,8,10,16H,5,7,9H2,1-4H3. The Labute approximate surface area is 98.1 Å². The first-order valence-corrected chi connectivity index (χ1v) is 5.81. The van der Waals surface area contributed by atoms with Crippen molar-refractivity contribution in [3.63, 3.8) is 0 Å². The molecule has 0 aliphatic rings. The smallest absolute Gasteiger partial charge is 0.137 e. The van der Waals surface area contributed by atoms with Crippen LogP contribution in [-0.2, 0) is 13.0 Å². The summed E-state index contributed by atoms with van der Waals surface area (Å²) in [6.45, 7) is 5.18. The van der Waals surface area contributed by atoms with Crippen LogP contribution >= 0.6 is 0 Å². The molecule has 1 N–H and O–H groups in total. The number of rotatable bonds is 5. The van der Waals surface area contributed by atoms with E-state index in [1.165, 1.54) is 0 Å². The Kier molecular flexibility index (Phi) is 4.74. The topological polar surface area (TPSA) is 36.4 Å². The highest BCUT2D eigenvalue weighted by molar-refractivity contribution is 5.28. The zero-order valence-electron chi connectivity index (χ0n) is 10.7. The third kappa shape index (κ3) is 4.19. The van der Waals surface area contributed by atoms with E-state index in [1.54, 1.807) is 6.07 Å². The van der Waals surface area contributed by atoms with Crippen LogP contribution in [0.1, 0.15) is 31.7 Å². The summed E-state index contributed by atoms with van der Waals surface area (Å²) in [5.41, 5.74) is 1.84. The van der Waals surface area contributed by atoms with Crippen molar-refractivity contribution >= 4 is 0 Å². The summed E-state index contributed by atoms with van der Waals surface area (Å²) >= 11 is 0. The molecule has 16 heavy (non-hydrogen) atoms. The van der Waals surface area contributed by atoms with Gasteiger partial charge in [0.05, 0.1) is 11.4 Å². The number of nitrogens with zero attached hydrogens (tertiary/aromatic N) is 2. The maximum Gasteiger partial charge on any atom is 0.137 e. The van der Waals surface area contributed by atoms with E-state index in [2.05, 4.69) is 23.7 Å². The molecule has 0 spiro atoms. The lowest BCUT2D eigenvalue weighted by Gasteiger charge is -2.11. The number of hydrogen-bond donors (Lipinski definition) is 1. The molecule has 90 valence electrons. The Hall–Kier alpha value is -1.09. The third-order valence-corrected chi connectivity index (χ3v) is 2.44. The normalized spacial score (nSPS) is 11.4. The lowest BCUT2D eigenvalue weighted by atomic mass is 10.1. The molecule has 0 atom stereocenters. The molecule has 3 nitrogen and oxygen atoms in total. The summed E-state index contributed by atoms with van der Waals surface area (Å²) < 4.78 is 0. The van der Waals surface area contributed by atoms with E-state index in [0.717, 1.165) is 30.8 Å². The zero-order chi connectivity index (χ0) is 12.1. The molecule has 0 unspecified atom stereocenters. The van der Waals surface area contributed by atoms with Crippen LogP contribution in [0.15, 0.2) is 12.1 Å². The molecule has 0 aromatic carbocycles. The van der Waals surface area contributed by atoms with Crippen LogP contribution in [0.4, 0.5) is 0 Å². The van der Waals surface area contributed by atoms with E-state index in [4.69, 9.17) is 0 Å². The van der Waals surface area contributed by atoms with Crippen LogP contribution in [0.25, 0.3) is 0 Å². The second-order valence-corrected chi connectivity index (χ2v) is 4.94. The molecule has 3 heteroatoms. The summed E-state index contributed by atoms with van der Waals surface area (Å²) in [5, 5.41) is 9.71. The highest BCUT2D eigenvalue weighted by Crippen LogP contribution is 2.18. The molecule has 0 aliphatic heterocycles. The highest BCUT2D eigenvalue weighted by Gasteiger charge is 2.06. The minimum Gasteiger partial charge on any atom is -0.506 e. The SMILES string of the molecule is CC(C)CCc1nc(CN(C)C)ccc1O. The van der Waals surface area contributed by atoms with E-state index in [0.29, 0.717) is 11.7 Å². The van der Waals surface area contributed by atoms with Crippen LogP contribution in [-0.4, -0.2) is 29.1 Å². The lowest BCUT2D eigenvalue weighted by Crippen LogP contribution is -2.12. The monoisotopic (exact) mass is 222 g/mol. The van der Waals surface area contributed by atoms with Crippen molar-refractivity contribution in [1.82, 2.24) is 9.88 Å². The fourth-order valence-electron chi connectivity index (χ4n) is 1.56. The van der Waals surface area contributed by atoms with E-state index in [-0.39, 0.29) is 0 Å². The van der Waals surface area contributed by atoms with Crippen molar-refractivity contribution < 1.29 is 5.11 Å². The number of aromatic nitrogens is 1. The molecule has 0 amide bonds. The fourth-order valence-corrected chi connectivity index (χ4v) is 1.56. The molecule has 1 heterocycles. The molecule has 0 radical (unpaired) electrons. The van der Waals surface area contributed by atoms with Crippen molar-refractivity contribution in [3.05, 3.63) is 23.5 Å². The van der Waals surface area contributed by atoms with Gasteiger partial charge in [-0.05, 0) is 45.0 Å². The Balaban J connectivity index is 2.74. The van der Waals surface area contributed by atoms with E-state index in [9.17, 15) is 5.11 Å². The number of aromatic hydroxyl groups is 1. The predicted molar refractivity (Wildman–Crippen MR) is 66.5 cm³/mol. The van der Waals surface area contributed by atoms with Gasteiger partial charge in [0.2, 0.25) is 0 Å². The van der Waals surface area contributed by atoms with Gasteiger partial charge in [-0.15, -0.1) is 0 Å². The van der Waals surface area contributed by atoms with Crippen LogP contribution in [0, 0.1) is 5.92 Å². The van der Waals surface area contributed by atoms with Gasteiger partial charge in [-0.2, -0.15) is 0 Å². The zero-order valence-corrected chi connectivity index (χ0v) is 10.7. The molecule has 0 aliphatic carbocycles. The predicted octanol–water partition coefficient (Wildman–Crippen LogP) is 2.44. The second kappa shape index (κ2) is 5.85. The van der Waals surface area contributed by atoms with Crippen molar-refractivity contribution in [2.45, 2.75) is 33.2 Å². The van der Waals surface area contributed by atoms with Gasteiger partial charge >= 0.3 is 0 Å². The molecule has 0 bridgehead atoms. The molecular formula is C13H22N2O. The molecule has 0 saturated carbocycles. The maximum atomic E-state index is 9.71. The Bertz CT molecular complexity index is 335. The summed E-state index contributed by atoms with van der Waals surface area (Å²) in [6.07, 6.45) is 1.91. The van der Waals surface area contributed by atoms with Crippen LogP contribution in [0.3, 0.4) is 0 Å². The molecule has 1 aromatic rings. The lowest BCUT2D eigenvalue weighted by molar-refractivity contribution is 0.393. The van der Waals surface area contributed by atoms with Crippen molar-refractivity contribution in [2.24, 2.45) is 5.92 Å². The van der Waals surface area contributed by atoms with Gasteiger partial charge in [0.1, 0.15) is 5.75 Å². The van der Waals surface area contributed by atoms with E-state index < -0.39 is 0 Å². The van der Waals surface area contributed by atoms with E-state index >= 15 is 0 Å². The maximum absolute atomic E-state index is 9.71. The summed E-state index contributed by atoms with van der Waals surface area (Å²) in [6, 6.07) is 3.63. The number of aryl methyl sites for hydroxylation is 1. The van der Waals surface area contributed by atoms with E-state index in [1.807, 2.05) is 20.2 Å². The summed E-state index contributed by atoms with van der Waals surface area (Å²) in [5.74, 6) is 0.960.